The minimum atomic E-state index is -3.49. The van der Waals surface area contributed by atoms with Crippen LogP contribution in [0.1, 0.15) is 19.3 Å². The molecule has 0 bridgehead atoms. The van der Waals surface area contributed by atoms with Crippen LogP contribution in [0, 0.1) is 0 Å². The van der Waals surface area contributed by atoms with Gasteiger partial charge in [-0.2, -0.15) is 4.31 Å². The van der Waals surface area contributed by atoms with Gasteiger partial charge in [-0.15, -0.1) is 0 Å². The largest absolute Gasteiger partial charge is 0.392 e. The molecular weight excluding hydrogens is 396 g/mol. The van der Waals surface area contributed by atoms with Gasteiger partial charge in [0.05, 0.1) is 11.0 Å². The Morgan fingerprint density at radius 2 is 1.64 bits per heavy atom. The van der Waals surface area contributed by atoms with Crippen LogP contribution in [0.2, 0.25) is 5.02 Å². The van der Waals surface area contributed by atoms with Crippen molar-refractivity contribution in [2.24, 2.45) is 0 Å². The average molecular weight is 421 g/mol. The second kappa shape index (κ2) is 8.13. The van der Waals surface area contributed by atoms with Gasteiger partial charge in [-0.05, 0) is 54.7 Å². The first-order valence-electron chi connectivity index (χ1n) is 9.72. The number of nitrogens with zero attached hydrogens (tertiary/aromatic N) is 2. The summed E-state index contributed by atoms with van der Waals surface area (Å²) in [7, 11) is -3.49. The Kier molecular flexibility index (Phi) is 5.76. The predicted octanol–water partition coefficient (Wildman–Crippen LogP) is 3.23. The molecule has 5 nitrogen and oxygen atoms in total. The van der Waals surface area contributed by atoms with Crippen LogP contribution < -0.4 is 0 Å². The van der Waals surface area contributed by atoms with Gasteiger partial charge in [-0.25, -0.2) is 8.42 Å². The van der Waals surface area contributed by atoms with E-state index < -0.39 is 10.0 Å². The number of likely N-dealkylation sites (tertiary alicyclic amines) is 1. The fraction of sp³-hybridized carbons (Fsp3) is 0.429. The lowest BCUT2D eigenvalue weighted by molar-refractivity contribution is 0.132. The van der Waals surface area contributed by atoms with Crippen molar-refractivity contribution in [2.75, 3.05) is 26.2 Å². The predicted molar refractivity (Wildman–Crippen MR) is 111 cm³/mol. The Labute approximate surface area is 171 Å². The zero-order valence-electron chi connectivity index (χ0n) is 15.7. The normalized spacial score (nSPS) is 22.6. The highest BCUT2D eigenvalue weighted by atomic mass is 35.5. The second-order valence-corrected chi connectivity index (χ2v) is 9.98. The topological polar surface area (TPSA) is 60.9 Å². The maximum Gasteiger partial charge on any atom is 0.243 e. The highest BCUT2D eigenvalue weighted by molar-refractivity contribution is 7.89. The molecule has 0 radical (unpaired) electrons. The molecule has 2 saturated heterocycles. The molecule has 0 aromatic heterocycles. The van der Waals surface area contributed by atoms with E-state index in [-0.39, 0.29) is 6.10 Å². The van der Waals surface area contributed by atoms with Crippen LogP contribution in [0.25, 0.3) is 11.1 Å². The lowest BCUT2D eigenvalue weighted by Crippen LogP contribution is -2.46. The Morgan fingerprint density at radius 1 is 0.929 bits per heavy atom. The van der Waals surface area contributed by atoms with Crippen molar-refractivity contribution in [3.8, 4) is 11.1 Å². The fourth-order valence-electron chi connectivity index (χ4n) is 4.18. The molecule has 28 heavy (non-hydrogen) atoms. The molecule has 0 saturated carbocycles. The number of aliphatic hydroxyl groups excluding tert-OH is 1. The van der Waals surface area contributed by atoms with Crippen molar-refractivity contribution >= 4 is 21.6 Å². The van der Waals surface area contributed by atoms with Crippen LogP contribution in [0.5, 0.6) is 0 Å². The first kappa shape index (κ1) is 19.9. The smallest absolute Gasteiger partial charge is 0.243 e. The van der Waals surface area contributed by atoms with E-state index >= 15 is 0 Å². The lowest BCUT2D eigenvalue weighted by Gasteiger charge is -2.36. The SMILES string of the molecule is O=S(=O)(c1ccc(-c2cccc(Cl)c2)cc1)N1CCC(N2CCC(O)C2)CC1. The van der Waals surface area contributed by atoms with Crippen LogP contribution in [0.3, 0.4) is 0 Å². The number of hydrogen-bond donors (Lipinski definition) is 1. The summed E-state index contributed by atoms with van der Waals surface area (Å²) < 4.78 is 27.6. The molecule has 2 aliphatic rings. The third kappa shape index (κ3) is 4.11. The molecular formula is C21H25ClN2O3S. The molecule has 0 amide bonds. The maximum atomic E-state index is 13.0. The molecule has 2 heterocycles. The van der Waals surface area contributed by atoms with Crippen molar-refractivity contribution < 1.29 is 13.5 Å². The number of benzene rings is 2. The van der Waals surface area contributed by atoms with Gasteiger partial charge in [0, 0.05) is 37.2 Å². The zero-order valence-corrected chi connectivity index (χ0v) is 17.2. The van der Waals surface area contributed by atoms with Gasteiger partial charge in [0.1, 0.15) is 0 Å². The summed E-state index contributed by atoms with van der Waals surface area (Å²) in [5, 5.41) is 10.4. The van der Waals surface area contributed by atoms with Crippen molar-refractivity contribution in [3.63, 3.8) is 0 Å². The van der Waals surface area contributed by atoms with Gasteiger partial charge in [-0.1, -0.05) is 35.9 Å². The van der Waals surface area contributed by atoms with Gasteiger partial charge in [0.25, 0.3) is 0 Å². The summed E-state index contributed by atoms with van der Waals surface area (Å²) in [6.45, 7) is 2.66. The third-order valence-corrected chi connectivity index (χ3v) is 7.93. The third-order valence-electron chi connectivity index (χ3n) is 5.78. The molecule has 2 aromatic carbocycles. The fourth-order valence-corrected chi connectivity index (χ4v) is 5.84. The van der Waals surface area contributed by atoms with Crippen LogP contribution in [0.4, 0.5) is 0 Å². The van der Waals surface area contributed by atoms with Crippen LogP contribution in [-0.4, -0.2) is 61.1 Å². The standard InChI is InChI=1S/C21H25ClN2O3S/c22-18-3-1-2-17(14-18)16-4-6-21(7-5-16)28(26,27)24-12-8-19(9-13-24)23-11-10-20(25)15-23/h1-7,14,19-20,25H,8-13,15H2. The van der Waals surface area contributed by atoms with E-state index in [0.29, 0.717) is 35.6 Å². The van der Waals surface area contributed by atoms with Crippen molar-refractivity contribution in [2.45, 2.75) is 36.3 Å². The summed E-state index contributed by atoms with van der Waals surface area (Å²) >= 11 is 6.05. The van der Waals surface area contributed by atoms with Gasteiger partial charge >= 0.3 is 0 Å². The van der Waals surface area contributed by atoms with Crippen molar-refractivity contribution in [3.05, 3.63) is 53.6 Å². The number of rotatable bonds is 4. The highest BCUT2D eigenvalue weighted by Gasteiger charge is 2.34. The summed E-state index contributed by atoms with van der Waals surface area (Å²) in [5.41, 5.74) is 1.90. The van der Waals surface area contributed by atoms with E-state index in [1.807, 2.05) is 36.4 Å². The Balaban J connectivity index is 1.44. The lowest BCUT2D eigenvalue weighted by atomic mass is 10.1. The highest BCUT2D eigenvalue weighted by Crippen LogP contribution is 2.28. The molecule has 1 atom stereocenters. The van der Waals surface area contributed by atoms with Crippen molar-refractivity contribution in [1.29, 1.82) is 0 Å². The number of halogens is 1. The van der Waals surface area contributed by atoms with Crippen LogP contribution in [-0.2, 0) is 10.0 Å². The quantitative estimate of drug-likeness (QED) is 0.824. The molecule has 7 heteroatoms. The Hall–Kier alpha value is -1.44. The summed E-state index contributed by atoms with van der Waals surface area (Å²) in [6, 6.07) is 14.9. The molecule has 0 aliphatic carbocycles. The van der Waals surface area contributed by atoms with Crippen LogP contribution in [0.15, 0.2) is 53.4 Å². The van der Waals surface area contributed by atoms with E-state index in [1.54, 1.807) is 16.4 Å². The molecule has 2 aromatic rings. The second-order valence-electron chi connectivity index (χ2n) is 7.61. The van der Waals surface area contributed by atoms with Gasteiger partial charge in [0.15, 0.2) is 0 Å². The minimum Gasteiger partial charge on any atom is -0.392 e. The summed E-state index contributed by atoms with van der Waals surface area (Å²) in [4.78, 5) is 2.63. The van der Waals surface area contributed by atoms with Crippen molar-refractivity contribution in [1.82, 2.24) is 9.21 Å². The summed E-state index contributed by atoms with van der Waals surface area (Å²) in [5.74, 6) is 0. The average Bonchev–Trinajstić information content (AvgIpc) is 3.14. The molecule has 1 N–H and O–H groups in total. The maximum absolute atomic E-state index is 13.0. The van der Waals surface area contributed by atoms with E-state index in [1.165, 1.54) is 0 Å². The Morgan fingerprint density at radius 3 is 2.25 bits per heavy atom. The first-order valence-corrected chi connectivity index (χ1v) is 11.5. The number of β-amino-alcohol motifs (C(OH)–C–C–N with tert-alkyl or cyclic N) is 1. The van der Waals surface area contributed by atoms with Crippen LogP contribution >= 0.6 is 11.6 Å². The minimum absolute atomic E-state index is 0.236. The number of hydrogen-bond acceptors (Lipinski definition) is 4. The first-order chi connectivity index (χ1) is 13.4. The monoisotopic (exact) mass is 420 g/mol. The molecule has 150 valence electrons. The molecule has 2 aliphatic heterocycles. The van der Waals surface area contributed by atoms with Gasteiger partial charge in [0.2, 0.25) is 10.0 Å². The number of piperidine rings is 1. The van der Waals surface area contributed by atoms with E-state index in [2.05, 4.69) is 4.90 Å². The molecule has 0 spiro atoms. The molecule has 2 fully saturated rings. The molecule has 4 rings (SSSR count). The van der Waals surface area contributed by atoms with E-state index in [0.717, 1.165) is 36.9 Å². The zero-order chi connectivity index (χ0) is 19.7. The van der Waals surface area contributed by atoms with E-state index in [9.17, 15) is 13.5 Å². The van der Waals surface area contributed by atoms with E-state index in [4.69, 9.17) is 11.6 Å². The summed E-state index contributed by atoms with van der Waals surface area (Å²) in [6.07, 6.45) is 2.20. The van der Waals surface area contributed by atoms with Gasteiger partial charge in [-0.3, -0.25) is 4.90 Å². The van der Waals surface area contributed by atoms with Gasteiger partial charge < -0.3 is 5.11 Å². The number of sulfonamides is 1. The molecule has 1 unspecified atom stereocenters. The number of aliphatic hydroxyl groups is 1. The Bertz CT molecular complexity index is 925.